The van der Waals surface area contributed by atoms with Crippen molar-refractivity contribution >= 4 is 17.5 Å². The van der Waals surface area contributed by atoms with E-state index in [1.165, 1.54) is 0 Å². The summed E-state index contributed by atoms with van der Waals surface area (Å²) < 4.78 is 22.0. The number of rotatable bonds is 6. The minimum absolute atomic E-state index is 0.138. The van der Waals surface area contributed by atoms with Gasteiger partial charge in [0.25, 0.3) is 5.91 Å². The molecule has 3 aromatic carbocycles. The van der Waals surface area contributed by atoms with Crippen molar-refractivity contribution in [3.05, 3.63) is 81.9 Å². The summed E-state index contributed by atoms with van der Waals surface area (Å²) in [4.78, 5) is 15.5. The van der Waals surface area contributed by atoms with Crippen LogP contribution in [-0.4, -0.2) is 45.8 Å². The molecule has 1 atom stereocenters. The van der Waals surface area contributed by atoms with Crippen LogP contribution in [0.1, 0.15) is 33.1 Å². The predicted molar refractivity (Wildman–Crippen MR) is 127 cm³/mol. The van der Waals surface area contributed by atoms with Crippen molar-refractivity contribution in [3.8, 4) is 23.0 Å². The molecule has 172 valence electrons. The number of hydrogen-bond acceptors (Lipinski definition) is 5. The fraction of sp³-hybridized carbons (Fsp3) is 0.269. The molecule has 1 heterocycles. The van der Waals surface area contributed by atoms with Crippen LogP contribution in [-0.2, 0) is 6.42 Å². The fourth-order valence-corrected chi connectivity index (χ4v) is 4.55. The average Bonchev–Trinajstić information content (AvgIpc) is 2.86. The lowest BCUT2D eigenvalue weighted by atomic mass is 9.87. The van der Waals surface area contributed by atoms with Crippen LogP contribution in [0.4, 0.5) is 0 Å². The van der Waals surface area contributed by atoms with Crippen molar-refractivity contribution in [2.75, 3.05) is 35.0 Å². The maximum atomic E-state index is 13.7. The lowest BCUT2D eigenvalue weighted by Gasteiger charge is -2.38. The predicted octanol–water partition coefficient (Wildman–Crippen LogP) is 5.16. The second-order valence-corrected chi connectivity index (χ2v) is 8.06. The first kappa shape index (κ1) is 22.8. The van der Waals surface area contributed by atoms with Crippen LogP contribution in [0.25, 0.3) is 0 Å². The summed E-state index contributed by atoms with van der Waals surface area (Å²) in [6.45, 7) is 0.519. The Labute approximate surface area is 198 Å². The van der Waals surface area contributed by atoms with E-state index < -0.39 is 0 Å². The van der Waals surface area contributed by atoms with Crippen LogP contribution in [0.3, 0.4) is 0 Å². The van der Waals surface area contributed by atoms with Gasteiger partial charge in [-0.25, -0.2) is 0 Å². The van der Waals surface area contributed by atoms with Gasteiger partial charge in [-0.05, 0) is 59.5 Å². The summed E-state index contributed by atoms with van der Waals surface area (Å²) in [5, 5.41) is 0.423. The van der Waals surface area contributed by atoms with Gasteiger partial charge in [-0.3, -0.25) is 4.79 Å². The molecule has 33 heavy (non-hydrogen) atoms. The third-order valence-corrected chi connectivity index (χ3v) is 6.29. The minimum Gasteiger partial charge on any atom is -0.493 e. The maximum absolute atomic E-state index is 13.7. The van der Waals surface area contributed by atoms with Crippen molar-refractivity contribution < 1.29 is 23.7 Å². The molecule has 4 rings (SSSR count). The van der Waals surface area contributed by atoms with E-state index in [-0.39, 0.29) is 11.9 Å². The topological polar surface area (TPSA) is 57.2 Å². The third kappa shape index (κ3) is 4.18. The number of hydrogen-bond donors (Lipinski definition) is 0. The largest absolute Gasteiger partial charge is 0.493 e. The highest BCUT2D eigenvalue weighted by Gasteiger charge is 2.35. The average molecular weight is 468 g/mol. The molecule has 0 radical (unpaired) electrons. The number of methoxy groups -OCH3 is 4. The van der Waals surface area contributed by atoms with Crippen LogP contribution in [0.5, 0.6) is 23.0 Å². The molecular weight excluding hydrogens is 442 g/mol. The highest BCUT2D eigenvalue weighted by molar-refractivity contribution is 6.33. The van der Waals surface area contributed by atoms with Crippen LogP contribution in [0.2, 0.25) is 5.02 Å². The fourth-order valence-electron chi connectivity index (χ4n) is 4.34. The molecule has 7 heteroatoms. The summed E-state index contributed by atoms with van der Waals surface area (Å²) in [5.41, 5.74) is 3.41. The number of amides is 1. The zero-order valence-corrected chi connectivity index (χ0v) is 19.8. The number of nitrogens with zero attached hydrogens (tertiary/aromatic N) is 1. The molecule has 0 spiro atoms. The summed E-state index contributed by atoms with van der Waals surface area (Å²) >= 11 is 6.39. The van der Waals surface area contributed by atoms with Crippen LogP contribution >= 0.6 is 11.6 Å². The normalized spacial score (nSPS) is 14.9. The SMILES string of the molecule is COc1ccc([C@@H]2c3cc(OC)c(OC)cc3CCN2C(=O)c2ccccc2Cl)cc1OC. The van der Waals surface area contributed by atoms with Gasteiger partial charge in [-0.2, -0.15) is 0 Å². The van der Waals surface area contributed by atoms with Gasteiger partial charge < -0.3 is 23.8 Å². The monoisotopic (exact) mass is 467 g/mol. The molecule has 1 amide bonds. The number of halogens is 1. The van der Waals surface area contributed by atoms with Crippen molar-refractivity contribution in [2.24, 2.45) is 0 Å². The van der Waals surface area contributed by atoms with Crippen LogP contribution in [0.15, 0.2) is 54.6 Å². The Kier molecular flexibility index (Phi) is 6.65. The van der Waals surface area contributed by atoms with Crippen molar-refractivity contribution in [1.29, 1.82) is 0 Å². The Hall–Kier alpha value is -3.38. The summed E-state index contributed by atoms with van der Waals surface area (Å²) in [6.07, 6.45) is 0.676. The van der Waals surface area contributed by atoms with E-state index in [2.05, 4.69) is 0 Å². The molecule has 0 aromatic heterocycles. The Morgan fingerprint density at radius 3 is 2.15 bits per heavy atom. The van der Waals surface area contributed by atoms with E-state index in [0.717, 1.165) is 16.7 Å². The number of carbonyl (C=O) groups excluding carboxylic acids is 1. The van der Waals surface area contributed by atoms with Gasteiger partial charge in [-0.1, -0.05) is 29.8 Å². The molecule has 3 aromatic rings. The van der Waals surface area contributed by atoms with E-state index in [9.17, 15) is 4.79 Å². The lowest BCUT2D eigenvalue weighted by Crippen LogP contribution is -2.40. The number of carbonyl (C=O) groups is 1. The van der Waals surface area contributed by atoms with Crippen LogP contribution < -0.4 is 18.9 Å². The molecule has 0 saturated heterocycles. The Morgan fingerprint density at radius 1 is 0.848 bits per heavy atom. The summed E-state index contributed by atoms with van der Waals surface area (Å²) in [5.74, 6) is 2.34. The summed E-state index contributed by atoms with van der Waals surface area (Å²) in [6, 6.07) is 16.4. The molecule has 0 N–H and O–H groups in total. The molecule has 6 nitrogen and oxygen atoms in total. The standard InChI is InChI=1S/C26H26ClNO5/c1-30-21-10-9-17(14-22(21)31-2)25-19-15-24(33-4)23(32-3)13-16(19)11-12-28(25)26(29)18-7-5-6-8-20(18)27/h5-10,13-15,25H,11-12H2,1-4H3/t25-/m1/s1. The first-order chi connectivity index (χ1) is 16.0. The maximum Gasteiger partial charge on any atom is 0.256 e. The van der Waals surface area contributed by atoms with Gasteiger partial charge in [0.1, 0.15) is 0 Å². The molecule has 0 aliphatic carbocycles. The quantitative estimate of drug-likeness (QED) is 0.501. The van der Waals surface area contributed by atoms with Gasteiger partial charge >= 0.3 is 0 Å². The highest BCUT2D eigenvalue weighted by Crippen LogP contribution is 2.43. The highest BCUT2D eigenvalue weighted by atomic mass is 35.5. The van der Waals surface area contributed by atoms with Gasteiger partial charge in [0.2, 0.25) is 0 Å². The van der Waals surface area contributed by atoms with Crippen LogP contribution in [0, 0.1) is 0 Å². The summed E-state index contributed by atoms with van der Waals surface area (Å²) in [7, 11) is 6.41. The smallest absolute Gasteiger partial charge is 0.256 e. The van der Waals surface area contributed by atoms with E-state index in [0.29, 0.717) is 46.5 Å². The van der Waals surface area contributed by atoms with E-state index in [4.69, 9.17) is 30.5 Å². The second kappa shape index (κ2) is 9.63. The molecule has 0 saturated carbocycles. The Balaban J connectivity index is 1.90. The first-order valence-electron chi connectivity index (χ1n) is 10.5. The lowest BCUT2D eigenvalue weighted by molar-refractivity contribution is 0.0694. The van der Waals surface area contributed by atoms with Gasteiger partial charge in [0, 0.05) is 6.54 Å². The van der Waals surface area contributed by atoms with Gasteiger partial charge in [0.05, 0.1) is 45.1 Å². The van der Waals surface area contributed by atoms with E-state index >= 15 is 0 Å². The molecule has 0 fully saturated rings. The zero-order chi connectivity index (χ0) is 23.5. The molecule has 0 unspecified atom stereocenters. The number of fused-ring (bicyclic) bond motifs is 1. The zero-order valence-electron chi connectivity index (χ0n) is 19.1. The van der Waals surface area contributed by atoms with Crippen molar-refractivity contribution in [2.45, 2.75) is 12.5 Å². The van der Waals surface area contributed by atoms with Crippen molar-refractivity contribution in [1.82, 2.24) is 4.90 Å². The first-order valence-corrected chi connectivity index (χ1v) is 10.9. The molecule has 1 aliphatic rings. The second-order valence-electron chi connectivity index (χ2n) is 7.65. The Bertz CT molecular complexity index is 1180. The van der Waals surface area contributed by atoms with E-state index in [1.807, 2.05) is 47.4 Å². The minimum atomic E-state index is -0.378. The van der Waals surface area contributed by atoms with E-state index in [1.54, 1.807) is 40.6 Å². The molecular formula is C26H26ClNO5. The van der Waals surface area contributed by atoms with Gasteiger partial charge in [-0.15, -0.1) is 0 Å². The Morgan fingerprint density at radius 2 is 1.48 bits per heavy atom. The van der Waals surface area contributed by atoms with Crippen molar-refractivity contribution in [3.63, 3.8) is 0 Å². The third-order valence-electron chi connectivity index (χ3n) is 5.96. The van der Waals surface area contributed by atoms with Gasteiger partial charge in [0.15, 0.2) is 23.0 Å². The number of benzene rings is 3. The molecule has 1 aliphatic heterocycles. The number of ether oxygens (including phenoxy) is 4. The molecule has 0 bridgehead atoms.